The van der Waals surface area contributed by atoms with Crippen LogP contribution in [0, 0.1) is 0 Å². The molecule has 0 aromatic carbocycles. The van der Waals surface area contributed by atoms with Gasteiger partial charge in [-0.2, -0.15) is 0 Å². The zero-order chi connectivity index (χ0) is 12.3. The molecule has 2 rings (SSSR count). The van der Waals surface area contributed by atoms with Gasteiger partial charge in [-0.15, -0.1) is 22.7 Å². The summed E-state index contributed by atoms with van der Waals surface area (Å²) in [5.74, 6) is 0. The van der Waals surface area contributed by atoms with Crippen molar-refractivity contribution in [2.45, 2.75) is 26.0 Å². The molecular formula is C12H16N2OS2. The van der Waals surface area contributed by atoms with Gasteiger partial charge in [0.2, 0.25) is 0 Å². The summed E-state index contributed by atoms with van der Waals surface area (Å²) in [6.07, 6.45) is 0. The zero-order valence-corrected chi connectivity index (χ0v) is 11.6. The molecule has 0 aliphatic carbocycles. The molecule has 0 amide bonds. The van der Waals surface area contributed by atoms with Crippen LogP contribution in [0.2, 0.25) is 0 Å². The molecule has 5 heteroatoms. The normalized spacial score (nSPS) is 11.9. The lowest BCUT2D eigenvalue weighted by Gasteiger charge is -2.16. The van der Waals surface area contributed by atoms with Gasteiger partial charge in [0.05, 0.1) is 16.2 Å². The molecule has 2 aromatic rings. The van der Waals surface area contributed by atoms with E-state index in [0.717, 1.165) is 10.7 Å². The van der Waals surface area contributed by atoms with Gasteiger partial charge in [0.1, 0.15) is 5.01 Å². The van der Waals surface area contributed by atoms with Gasteiger partial charge in [-0.3, -0.25) is 0 Å². The van der Waals surface area contributed by atoms with E-state index in [2.05, 4.69) is 27.1 Å². The Morgan fingerprint density at radius 2 is 2.24 bits per heavy atom. The highest BCUT2D eigenvalue weighted by atomic mass is 32.1. The average molecular weight is 268 g/mol. The van der Waals surface area contributed by atoms with Crippen LogP contribution in [-0.4, -0.2) is 22.2 Å². The summed E-state index contributed by atoms with van der Waals surface area (Å²) in [4.78, 5) is 5.77. The molecule has 2 N–H and O–H groups in total. The number of thiophene rings is 1. The number of hydrogen-bond acceptors (Lipinski definition) is 5. The minimum absolute atomic E-state index is 0.568. The van der Waals surface area contributed by atoms with Crippen molar-refractivity contribution in [3.63, 3.8) is 0 Å². The maximum Gasteiger partial charge on any atom is 0.133 e. The number of rotatable bonds is 5. The molecule has 0 aliphatic rings. The van der Waals surface area contributed by atoms with Gasteiger partial charge in [-0.05, 0) is 25.3 Å². The molecule has 0 bridgehead atoms. The van der Waals surface area contributed by atoms with Crippen molar-refractivity contribution in [2.75, 3.05) is 6.54 Å². The van der Waals surface area contributed by atoms with Gasteiger partial charge in [0, 0.05) is 18.5 Å². The summed E-state index contributed by atoms with van der Waals surface area (Å²) in [6, 6.07) is 4.12. The fourth-order valence-corrected chi connectivity index (χ4v) is 3.03. The monoisotopic (exact) mass is 268 g/mol. The van der Waals surface area contributed by atoms with Crippen LogP contribution in [0.1, 0.15) is 19.5 Å². The number of aromatic nitrogens is 1. The smallest absolute Gasteiger partial charge is 0.133 e. The van der Waals surface area contributed by atoms with Crippen LogP contribution in [0.3, 0.4) is 0 Å². The fourth-order valence-electron chi connectivity index (χ4n) is 1.40. The molecule has 0 unspecified atom stereocenters. The third kappa shape index (κ3) is 3.89. The van der Waals surface area contributed by atoms with Crippen molar-refractivity contribution in [3.8, 4) is 9.88 Å². The minimum atomic E-state index is -0.674. The van der Waals surface area contributed by atoms with Crippen molar-refractivity contribution in [1.82, 2.24) is 10.3 Å². The van der Waals surface area contributed by atoms with Crippen LogP contribution in [0.4, 0.5) is 0 Å². The highest BCUT2D eigenvalue weighted by Gasteiger charge is 2.12. The van der Waals surface area contributed by atoms with Gasteiger partial charge in [0.15, 0.2) is 0 Å². The second-order valence-electron chi connectivity index (χ2n) is 4.54. The van der Waals surface area contributed by atoms with Crippen LogP contribution in [0.15, 0.2) is 22.9 Å². The lowest BCUT2D eigenvalue weighted by Crippen LogP contribution is -2.34. The SMILES string of the molecule is CC(C)(O)CNCc1csc(-c2cccs2)n1. The number of hydrogen-bond donors (Lipinski definition) is 2. The Morgan fingerprint density at radius 1 is 1.41 bits per heavy atom. The Balaban J connectivity index is 1.91. The summed E-state index contributed by atoms with van der Waals surface area (Å²) in [7, 11) is 0. The standard InChI is InChI=1S/C12H16N2OS2/c1-12(2,15)8-13-6-9-7-17-11(14-9)10-4-3-5-16-10/h3-5,7,13,15H,6,8H2,1-2H3. The van der Waals surface area contributed by atoms with Crippen LogP contribution < -0.4 is 5.32 Å². The van der Waals surface area contributed by atoms with Crippen molar-refractivity contribution in [1.29, 1.82) is 0 Å². The van der Waals surface area contributed by atoms with E-state index < -0.39 is 5.60 Å². The van der Waals surface area contributed by atoms with E-state index in [4.69, 9.17) is 0 Å². The van der Waals surface area contributed by atoms with Crippen LogP contribution in [-0.2, 0) is 6.54 Å². The molecule has 0 saturated carbocycles. The first-order valence-corrected chi connectivity index (χ1v) is 7.22. The van der Waals surface area contributed by atoms with E-state index in [1.807, 2.05) is 6.07 Å². The summed E-state index contributed by atoms with van der Waals surface area (Å²) in [5, 5.41) is 18.0. The van der Waals surface area contributed by atoms with E-state index in [0.29, 0.717) is 13.1 Å². The number of thiazole rings is 1. The summed E-state index contributed by atoms with van der Waals surface area (Å²) in [5.41, 5.74) is 0.356. The van der Waals surface area contributed by atoms with E-state index in [1.165, 1.54) is 4.88 Å². The Kier molecular flexibility index (Phi) is 3.93. The van der Waals surface area contributed by atoms with Gasteiger partial charge in [-0.1, -0.05) is 6.07 Å². The topological polar surface area (TPSA) is 45.1 Å². The molecule has 2 aromatic heterocycles. The quantitative estimate of drug-likeness (QED) is 0.876. The summed E-state index contributed by atoms with van der Waals surface area (Å²) < 4.78 is 0. The summed E-state index contributed by atoms with van der Waals surface area (Å²) in [6.45, 7) is 4.85. The molecular weight excluding hydrogens is 252 g/mol. The second kappa shape index (κ2) is 5.27. The molecule has 17 heavy (non-hydrogen) atoms. The van der Waals surface area contributed by atoms with Crippen LogP contribution in [0.25, 0.3) is 9.88 Å². The van der Waals surface area contributed by atoms with Gasteiger partial charge in [-0.25, -0.2) is 4.98 Å². The molecule has 0 fully saturated rings. The van der Waals surface area contributed by atoms with Gasteiger partial charge >= 0.3 is 0 Å². The van der Waals surface area contributed by atoms with Crippen molar-refractivity contribution in [3.05, 3.63) is 28.6 Å². The highest BCUT2D eigenvalue weighted by molar-refractivity contribution is 7.20. The molecule has 2 heterocycles. The lowest BCUT2D eigenvalue weighted by molar-refractivity contribution is 0.0794. The van der Waals surface area contributed by atoms with E-state index in [-0.39, 0.29) is 0 Å². The summed E-state index contributed by atoms with van der Waals surface area (Å²) >= 11 is 3.37. The molecule has 3 nitrogen and oxygen atoms in total. The molecule has 0 saturated heterocycles. The fraction of sp³-hybridized carbons (Fsp3) is 0.417. The van der Waals surface area contributed by atoms with Crippen molar-refractivity contribution >= 4 is 22.7 Å². The van der Waals surface area contributed by atoms with Crippen LogP contribution >= 0.6 is 22.7 Å². The number of aliphatic hydroxyl groups is 1. The Labute approximate surface area is 109 Å². The third-order valence-corrected chi connectivity index (χ3v) is 4.08. The average Bonchev–Trinajstić information content (AvgIpc) is 2.83. The molecule has 0 aliphatic heterocycles. The number of nitrogens with zero attached hydrogens (tertiary/aromatic N) is 1. The van der Waals surface area contributed by atoms with Crippen LogP contribution in [0.5, 0.6) is 0 Å². The first kappa shape index (κ1) is 12.7. The predicted molar refractivity (Wildman–Crippen MR) is 73.4 cm³/mol. The van der Waals surface area contributed by atoms with Crippen molar-refractivity contribution in [2.24, 2.45) is 0 Å². The van der Waals surface area contributed by atoms with E-state index >= 15 is 0 Å². The molecule has 0 atom stereocenters. The maximum atomic E-state index is 9.57. The Morgan fingerprint density at radius 3 is 2.88 bits per heavy atom. The van der Waals surface area contributed by atoms with Gasteiger partial charge in [0.25, 0.3) is 0 Å². The first-order valence-electron chi connectivity index (χ1n) is 5.46. The van der Waals surface area contributed by atoms with E-state index in [9.17, 15) is 5.11 Å². The molecule has 92 valence electrons. The minimum Gasteiger partial charge on any atom is -0.389 e. The first-order chi connectivity index (χ1) is 8.04. The predicted octanol–water partition coefficient (Wildman–Crippen LogP) is 2.73. The molecule has 0 radical (unpaired) electrons. The Hall–Kier alpha value is -0.750. The zero-order valence-electron chi connectivity index (χ0n) is 9.93. The highest BCUT2D eigenvalue weighted by Crippen LogP contribution is 2.27. The largest absolute Gasteiger partial charge is 0.389 e. The van der Waals surface area contributed by atoms with Gasteiger partial charge < -0.3 is 10.4 Å². The maximum absolute atomic E-state index is 9.57. The molecule has 0 spiro atoms. The van der Waals surface area contributed by atoms with E-state index in [1.54, 1.807) is 36.5 Å². The van der Waals surface area contributed by atoms with Crippen molar-refractivity contribution < 1.29 is 5.11 Å². The second-order valence-corrected chi connectivity index (χ2v) is 6.34. The third-order valence-electron chi connectivity index (χ3n) is 2.15. The lowest BCUT2D eigenvalue weighted by atomic mass is 10.1. The number of nitrogens with one attached hydrogen (secondary N) is 1. The Bertz CT molecular complexity index is 457.